The van der Waals surface area contributed by atoms with Crippen molar-refractivity contribution in [3.8, 4) is 0 Å². The molecule has 0 bridgehead atoms. The fourth-order valence-electron chi connectivity index (χ4n) is 1.98. The Morgan fingerprint density at radius 2 is 2.08 bits per heavy atom. The second kappa shape index (κ2) is 8.55. The number of nitrogens with two attached hydrogens (primary N) is 1. The van der Waals surface area contributed by atoms with E-state index < -0.39 is 27.8 Å². The van der Waals surface area contributed by atoms with Gasteiger partial charge in [-0.15, -0.1) is 0 Å². The van der Waals surface area contributed by atoms with Gasteiger partial charge in [-0.3, -0.25) is 4.99 Å². The average molecular weight is 425 g/mol. The number of benzene rings is 1. The summed E-state index contributed by atoms with van der Waals surface area (Å²) in [7, 11) is -0.632. The van der Waals surface area contributed by atoms with Gasteiger partial charge in [-0.05, 0) is 19.1 Å². The van der Waals surface area contributed by atoms with Crippen molar-refractivity contribution < 1.29 is 28.5 Å². The lowest BCUT2D eigenvalue weighted by Crippen LogP contribution is -2.42. The summed E-state index contributed by atoms with van der Waals surface area (Å²) in [6.45, 7) is 1.13. The Morgan fingerprint density at radius 3 is 2.46 bits per heavy atom. The number of thioether (sulfide) groups is 1. The van der Waals surface area contributed by atoms with Gasteiger partial charge in [-0.2, -0.15) is 0 Å². The van der Waals surface area contributed by atoms with Gasteiger partial charge >= 0.3 is 0 Å². The Hall–Kier alpha value is -1.37. The van der Waals surface area contributed by atoms with Gasteiger partial charge in [-0.25, -0.2) is 13.6 Å². The number of nitrogens with zero attached hydrogens (tertiary/aromatic N) is 2. The number of aliphatic hydroxyl groups is 2. The maximum atomic E-state index is 11.5. The molecule has 12 heteroatoms. The number of sulfonamides is 1. The van der Waals surface area contributed by atoms with Gasteiger partial charge in [0.25, 0.3) is 0 Å². The lowest BCUT2D eigenvalue weighted by molar-refractivity contribution is -0.314. The first-order chi connectivity index (χ1) is 11.8. The van der Waals surface area contributed by atoms with Crippen LogP contribution in [0, 0.1) is 0 Å². The number of aliphatic hydroxyl groups excluding tert-OH is 1. The molecule has 1 aromatic rings. The van der Waals surface area contributed by atoms with Crippen LogP contribution in [0.2, 0.25) is 5.02 Å². The van der Waals surface area contributed by atoms with Crippen LogP contribution in [0.25, 0.3) is 0 Å². The molecule has 0 amide bonds. The molecule has 26 heavy (non-hydrogen) atoms. The summed E-state index contributed by atoms with van der Waals surface area (Å²) in [5, 5.41) is 33.9. The average Bonchev–Trinajstić information content (AvgIpc) is 2.83. The van der Waals surface area contributed by atoms with Crippen LogP contribution in [-0.4, -0.2) is 60.6 Å². The molecule has 0 aliphatic carbocycles. The molecule has 2 unspecified atom stereocenters. The molecule has 2 rings (SSSR count). The molecule has 4 N–H and O–H groups in total. The number of carboxylic acids is 1. The van der Waals surface area contributed by atoms with E-state index in [-0.39, 0.29) is 9.92 Å². The van der Waals surface area contributed by atoms with Crippen molar-refractivity contribution in [1.82, 2.24) is 4.90 Å². The van der Waals surface area contributed by atoms with Gasteiger partial charge in [0.1, 0.15) is 4.90 Å². The third kappa shape index (κ3) is 5.09. The Balaban J connectivity index is 0.000000487. The van der Waals surface area contributed by atoms with Crippen LogP contribution in [0.3, 0.4) is 0 Å². The molecule has 1 aliphatic heterocycles. The normalized spacial score (nSPS) is 22.7. The number of hydrogen-bond acceptors (Lipinski definition) is 8. The molecule has 9 nitrogen and oxygen atoms in total. The van der Waals surface area contributed by atoms with Crippen molar-refractivity contribution in [3.63, 3.8) is 0 Å². The van der Waals surface area contributed by atoms with E-state index in [2.05, 4.69) is 4.99 Å². The monoisotopic (exact) mass is 424 g/mol. The van der Waals surface area contributed by atoms with E-state index in [4.69, 9.17) is 21.8 Å². The molecule has 1 saturated heterocycles. The zero-order valence-corrected chi connectivity index (χ0v) is 16.6. The highest BCUT2D eigenvalue weighted by atomic mass is 35.5. The van der Waals surface area contributed by atoms with Crippen LogP contribution >= 0.6 is 23.4 Å². The van der Waals surface area contributed by atoms with E-state index in [0.717, 1.165) is 6.92 Å². The number of carboxylic acid groups (broad SMARTS) is 1. The number of aliphatic carboxylic acids is 1. The molecule has 0 aromatic heterocycles. The Bertz CT molecular complexity index is 815. The van der Waals surface area contributed by atoms with E-state index in [1.807, 2.05) is 0 Å². The van der Waals surface area contributed by atoms with Gasteiger partial charge in [0.15, 0.2) is 10.9 Å². The lowest BCUT2D eigenvalue weighted by atomic mass is 10.0. The van der Waals surface area contributed by atoms with Gasteiger partial charge in [-0.1, -0.05) is 29.4 Å². The molecule has 0 saturated carbocycles. The van der Waals surface area contributed by atoms with Gasteiger partial charge in [0, 0.05) is 19.7 Å². The summed E-state index contributed by atoms with van der Waals surface area (Å²) in [6, 6.07) is 4.29. The highest BCUT2D eigenvalue weighted by Gasteiger charge is 2.42. The number of halogens is 1. The second-order valence-corrected chi connectivity index (χ2v) is 8.24. The predicted molar refractivity (Wildman–Crippen MR) is 97.0 cm³/mol. The standard InChI is InChI=1S/C11H14ClN3O3S2.C3H6O3/c1-14-10-15(2)11(16,6-19-10)7-3-4-8(12)9(5-7)20(13,17)18;1-2(4)3(5)6/h3-5,16H,6H2,1-2H3,(H2,13,17,18);2,4H,1H3,(H,5,6)/p-1. The molecule has 0 radical (unpaired) electrons. The van der Waals surface area contributed by atoms with E-state index in [1.165, 1.54) is 23.9 Å². The Labute approximate surface area is 160 Å². The van der Waals surface area contributed by atoms with E-state index >= 15 is 0 Å². The Kier molecular flexibility index (Phi) is 7.45. The maximum absolute atomic E-state index is 11.5. The smallest absolute Gasteiger partial charge is 0.239 e. The second-order valence-electron chi connectivity index (χ2n) is 5.36. The molecular weight excluding hydrogens is 406 g/mol. The highest BCUT2D eigenvalue weighted by molar-refractivity contribution is 8.14. The molecule has 1 aliphatic rings. The minimum Gasteiger partial charge on any atom is -0.547 e. The van der Waals surface area contributed by atoms with Crippen LogP contribution in [0.5, 0.6) is 0 Å². The van der Waals surface area contributed by atoms with Crippen LogP contribution in [-0.2, 0) is 20.5 Å². The minimum absolute atomic E-state index is 0.0255. The molecule has 1 fully saturated rings. The van der Waals surface area contributed by atoms with Gasteiger partial charge in [0.2, 0.25) is 10.0 Å². The summed E-state index contributed by atoms with van der Waals surface area (Å²) >= 11 is 7.22. The molecule has 2 atom stereocenters. The largest absolute Gasteiger partial charge is 0.547 e. The number of hydrogen-bond donors (Lipinski definition) is 3. The fraction of sp³-hybridized carbons (Fsp3) is 0.429. The SMILES string of the molecule is CC(O)C(=O)[O-].CN=C1SCC(O)(c2ccc(Cl)c(S(N)(=O)=O)c2)N1C. The van der Waals surface area contributed by atoms with Crippen LogP contribution < -0.4 is 10.2 Å². The first-order valence-corrected chi connectivity index (χ1v) is 10.0. The van der Waals surface area contributed by atoms with E-state index in [0.29, 0.717) is 16.5 Å². The summed E-state index contributed by atoms with van der Waals surface area (Å²) in [5.41, 5.74) is -0.941. The topological polar surface area (TPSA) is 156 Å². The molecular formula is C14H19ClN3O6S2-. The Morgan fingerprint density at radius 1 is 1.54 bits per heavy atom. The van der Waals surface area contributed by atoms with Crippen molar-refractivity contribution in [1.29, 1.82) is 0 Å². The van der Waals surface area contributed by atoms with Crippen molar-refractivity contribution in [2.24, 2.45) is 10.1 Å². The van der Waals surface area contributed by atoms with Crippen molar-refractivity contribution in [3.05, 3.63) is 28.8 Å². The van der Waals surface area contributed by atoms with Crippen LogP contribution in [0.1, 0.15) is 12.5 Å². The van der Waals surface area contributed by atoms with Crippen LogP contribution in [0.4, 0.5) is 0 Å². The number of carbonyl (C=O) groups is 1. The van der Waals surface area contributed by atoms with Crippen molar-refractivity contribution >= 4 is 44.5 Å². The molecule has 1 heterocycles. The summed E-state index contributed by atoms with van der Waals surface area (Å²) < 4.78 is 23.0. The van der Waals surface area contributed by atoms with Crippen LogP contribution in [0.15, 0.2) is 28.1 Å². The minimum atomic E-state index is -3.95. The van der Waals surface area contributed by atoms with E-state index in [9.17, 15) is 23.4 Å². The number of amidine groups is 1. The van der Waals surface area contributed by atoms with Gasteiger partial charge < -0.3 is 25.0 Å². The first kappa shape index (κ1) is 22.7. The third-order valence-corrected chi connectivity index (χ3v) is 6.13. The molecule has 0 spiro atoms. The quantitative estimate of drug-likeness (QED) is 0.552. The summed E-state index contributed by atoms with van der Waals surface area (Å²) in [4.78, 5) is 14.8. The van der Waals surface area contributed by atoms with Crippen molar-refractivity contribution in [2.45, 2.75) is 23.6 Å². The summed E-state index contributed by atoms with van der Waals surface area (Å²) in [6.07, 6.45) is -1.34. The number of rotatable bonds is 3. The fourth-order valence-corrected chi connectivity index (χ4v) is 4.21. The van der Waals surface area contributed by atoms with E-state index in [1.54, 1.807) is 25.1 Å². The molecule has 146 valence electrons. The van der Waals surface area contributed by atoms with Gasteiger partial charge in [0.05, 0.1) is 22.8 Å². The predicted octanol–water partition coefficient (Wildman–Crippen LogP) is -1.09. The number of carbonyl (C=O) groups excluding carboxylic acids is 1. The first-order valence-electron chi connectivity index (χ1n) is 7.12. The maximum Gasteiger partial charge on any atom is 0.239 e. The molecule has 1 aromatic carbocycles. The summed E-state index contributed by atoms with van der Waals surface area (Å²) in [5.74, 6) is -1.10. The van der Waals surface area contributed by atoms with Crippen molar-refractivity contribution in [2.75, 3.05) is 19.8 Å². The number of aliphatic imine (C=N–C) groups is 1. The number of primary sulfonamides is 1. The third-order valence-electron chi connectivity index (χ3n) is 3.48. The zero-order valence-electron chi connectivity index (χ0n) is 14.2. The lowest BCUT2D eigenvalue weighted by Gasteiger charge is -2.31. The highest BCUT2D eigenvalue weighted by Crippen LogP contribution is 2.39. The zero-order chi connectivity index (χ0) is 20.3.